The fourth-order valence-electron chi connectivity index (χ4n) is 5.01. The number of hydrogen-bond donors (Lipinski definition) is 0. The van der Waals surface area contributed by atoms with Crippen molar-refractivity contribution in [1.82, 2.24) is 0 Å². The molecular formula is C22H42NO3+. The molecule has 0 radical (unpaired) electrons. The van der Waals surface area contributed by atoms with Gasteiger partial charge in [0, 0.05) is 0 Å². The average Bonchev–Trinajstić information content (AvgIpc) is 2.87. The zero-order chi connectivity index (χ0) is 19.4. The third-order valence-corrected chi connectivity index (χ3v) is 7.55. The van der Waals surface area contributed by atoms with Crippen molar-refractivity contribution in [2.24, 2.45) is 16.7 Å². The molecule has 0 aromatic rings. The summed E-state index contributed by atoms with van der Waals surface area (Å²) in [5, 5.41) is 0. The van der Waals surface area contributed by atoms with E-state index in [1.165, 1.54) is 32.1 Å². The Bertz CT molecular complexity index is 474. The summed E-state index contributed by atoms with van der Waals surface area (Å²) in [5.74, 6) is 0.724. The highest BCUT2D eigenvalue weighted by Gasteiger charge is 2.61. The first kappa shape index (κ1) is 21.7. The van der Waals surface area contributed by atoms with Crippen molar-refractivity contribution in [2.75, 3.05) is 40.4 Å². The molecule has 0 heterocycles. The highest BCUT2D eigenvalue weighted by atomic mass is 16.5. The van der Waals surface area contributed by atoms with E-state index >= 15 is 0 Å². The van der Waals surface area contributed by atoms with Crippen molar-refractivity contribution in [3.05, 3.63) is 0 Å². The molecule has 2 rings (SSSR count). The topological polar surface area (TPSA) is 35.5 Å². The number of esters is 1. The molecule has 4 heteroatoms. The second-order valence-corrected chi connectivity index (χ2v) is 10.1. The predicted octanol–water partition coefficient (Wildman–Crippen LogP) is 4.42. The zero-order valence-corrected chi connectivity index (χ0v) is 18.1. The van der Waals surface area contributed by atoms with E-state index in [0.29, 0.717) is 34.6 Å². The van der Waals surface area contributed by atoms with Gasteiger partial charge in [-0.15, -0.1) is 0 Å². The Kier molecular flexibility index (Phi) is 7.17. The second-order valence-electron chi connectivity index (χ2n) is 10.1. The third-order valence-electron chi connectivity index (χ3n) is 7.55. The van der Waals surface area contributed by atoms with Gasteiger partial charge in [-0.25, -0.2) is 4.79 Å². The van der Waals surface area contributed by atoms with Crippen LogP contribution in [0.3, 0.4) is 0 Å². The molecule has 0 unspecified atom stereocenters. The van der Waals surface area contributed by atoms with Crippen LogP contribution < -0.4 is 0 Å². The number of fused-ring (bicyclic) bond motifs is 2. The summed E-state index contributed by atoms with van der Waals surface area (Å²) in [6.07, 6.45) is 8.77. The lowest BCUT2D eigenvalue weighted by Gasteiger charge is -2.39. The van der Waals surface area contributed by atoms with Crippen molar-refractivity contribution in [2.45, 2.75) is 78.7 Å². The molecule has 4 nitrogen and oxygen atoms in total. The first-order valence-electron chi connectivity index (χ1n) is 10.7. The van der Waals surface area contributed by atoms with Gasteiger partial charge >= 0.3 is 5.97 Å². The minimum atomic E-state index is -0.0838. The number of unbranched alkanes of at least 4 members (excludes halogenated alkanes) is 3. The van der Waals surface area contributed by atoms with Crippen molar-refractivity contribution in [3.63, 3.8) is 0 Å². The molecule has 0 N–H and O–H groups in total. The van der Waals surface area contributed by atoms with Crippen LogP contribution in [0.5, 0.6) is 0 Å². The minimum Gasteiger partial charge on any atom is -0.462 e. The minimum absolute atomic E-state index is 0.0838. The number of rotatable bonds is 11. The quantitative estimate of drug-likeness (QED) is 0.308. The van der Waals surface area contributed by atoms with Crippen LogP contribution >= 0.6 is 0 Å². The zero-order valence-electron chi connectivity index (χ0n) is 18.1. The Morgan fingerprint density at radius 3 is 2.42 bits per heavy atom. The van der Waals surface area contributed by atoms with Crippen molar-refractivity contribution < 1.29 is 18.8 Å². The molecule has 2 bridgehead atoms. The van der Waals surface area contributed by atoms with E-state index in [9.17, 15) is 4.79 Å². The van der Waals surface area contributed by atoms with Crippen molar-refractivity contribution >= 4 is 5.97 Å². The Hall–Kier alpha value is -0.610. The number of likely N-dealkylation sites (N-methyl/N-ethyl adjacent to an activating group) is 1. The maximum absolute atomic E-state index is 12.1. The summed E-state index contributed by atoms with van der Waals surface area (Å²) < 4.78 is 12.4. The molecule has 3 atom stereocenters. The largest absolute Gasteiger partial charge is 0.462 e. The maximum Gasteiger partial charge on any atom is 0.361 e. The normalized spacial score (nSPS) is 29.9. The predicted molar refractivity (Wildman–Crippen MR) is 106 cm³/mol. The van der Waals surface area contributed by atoms with Crippen LogP contribution in [-0.4, -0.2) is 57.0 Å². The fourth-order valence-corrected chi connectivity index (χ4v) is 5.01. The van der Waals surface area contributed by atoms with Gasteiger partial charge in [0.1, 0.15) is 6.54 Å². The van der Waals surface area contributed by atoms with E-state index in [-0.39, 0.29) is 5.97 Å². The van der Waals surface area contributed by atoms with Crippen molar-refractivity contribution in [3.8, 4) is 0 Å². The Morgan fingerprint density at radius 2 is 1.85 bits per heavy atom. The summed E-state index contributed by atoms with van der Waals surface area (Å²) >= 11 is 0. The Balaban J connectivity index is 1.68. The number of hydrogen-bond acceptors (Lipinski definition) is 3. The molecular weight excluding hydrogens is 326 g/mol. The molecule has 0 aromatic carbocycles. The van der Waals surface area contributed by atoms with Gasteiger partial charge in [-0.3, -0.25) is 0 Å². The van der Waals surface area contributed by atoms with Crippen LogP contribution in [-0.2, 0) is 14.3 Å². The Labute approximate surface area is 161 Å². The molecule has 0 amide bonds. The monoisotopic (exact) mass is 368 g/mol. The van der Waals surface area contributed by atoms with E-state index in [2.05, 4.69) is 41.8 Å². The van der Waals surface area contributed by atoms with Gasteiger partial charge in [-0.1, -0.05) is 47.0 Å². The van der Waals surface area contributed by atoms with Gasteiger partial charge in [0.05, 0.1) is 33.4 Å². The summed E-state index contributed by atoms with van der Waals surface area (Å²) in [7, 11) is 4.18. The molecule has 26 heavy (non-hydrogen) atoms. The Morgan fingerprint density at radius 1 is 1.12 bits per heavy atom. The number of quaternary nitrogens is 1. The van der Waals surface area contributed by atoms with Crippen LogP contribution in [0.2, 0.25) is 0 Å². The van der Waals surface area contributed by atoms with Gasteiger partial charge in [0.25, 0.3) is 0 Å². The lowest BCUT2D eigenvalue weighted by Crippen LogP contribution is -2.47. The standard InChI is InChI=1S/C22H42NO3/c1-7-8-9-10-14-26-20(24)17-23(5,6)13-15-25-19-16-18-11-12-22(19,4)21(18,2)3/h18-19H,7-17H2,1-6H3/q+1/t18-,19+,22-/m0/s1. The number of ether oxygens (including phenoxy) is 2. The summed E-state index contributed by atoms with van der Waals surface area (Å²) in [4.78, 5) is 12.1. The SMILES string of the molecule is CCCCCCOC(=O)C[N+](C)(C)CCO[C@@H]1C[C@@H]2CC[C@]1(C)C2(C)C. The highest BCUT2D eigenvalue weighted by Crippen LogP contribution is 2.66. The van der Waals surface area contributed by atoms with Gasteiger partial charge in [-0.05, 0) is 42.4 Å². The molecule has 2 fully saturated rings. The van der Waals surface area contributed by atoms with Crippen LogP contribution in [0.15, 0.2) is 0 Å². The lowest BCUT2D eigenvalue weighted by atomic mass is 9.70. The summed E-state index contributed by atoms with van der Waals surface area (Å²) in [6, 6.07) is 0. The molecule has 0 aromatic heterocycles. The van der Waals surface area contributed by atoms with Gasteiger partial charge < -0.3 is 14.0 Å². The number of carbonyl (C=O) groups is 1. The molecule has 2 saturated carbocycles. The van der Waals surface area contributed by atoms with Crippen LogP contribution in [0.4, 0.5) is 0 Å². The van der Waals surface area contributed by atoms with Crippen LogP contribution in [0.25, 0.3) is 0 Å². The van der Waals surface area contributed by atoms with Crippen molar-refractivity contribution in [1.29, 1.82) is 0 Å². The third kappa shape index (κ3) is 4.81. The summed E-state index contributed by atoms with van der Waals surface area (Å²) in [5.41, 5.74) is 0.704. The van der Waals surface area contributed by atoms with Gasteiger partial charge in [-0.2, -0.15) is 0 Å². The van der Waals surface area contributed by atoms with E-state index in [0.717, 1.165) is 31.9 Å². The van der Waals surface area contributed by atoms with Crippen LogP contribution in [0.1, 0.15) is 72.6 Å². The molecule has 152 valence electrons. The smallest absolute Gasteiger partial charge is 0.361 e. The molecule has 0 spiro atoms. The van der Waals surface area contributed by atoms with E-state index < -0.39 is 0 Å². The van der Waals surface area contributed by atoms with E-state index in [1.54, 1.807) is 0 Å². The fraction of sp³-hybridized carbons (Fsp3) is 0.955. The van der Waals surface area contributed by atoms with E-state index in [1.807, 2.05) is 0 Å². The first-order valence-corrected chi connectivity index (χ1v) is 10.7. The molecule has 2 aliphatic rings. The van der Waals surface area contributed by atoms with Gasteiger partial charge in [0.2, 0.25) is 0 Å². The van der Waals surface area contributed by atoms with Crippen LogP contribution in [0, 0.1) is 16.7 Å². The lowest BCUT2D eigenvalue weighted by molar-refractivity contribution is -0.883. The molecule has 0 saturated heterocycles. The molecule has 2 aliphatic carbocycles. The number of carbonyl (C=O) groups excluding carboxylic acids is 1. The molecule has 0 aliphatic heterocycles. The number of nitrogens with zero attached hydrogens (tertiary/aromatic N) is 1. The first-order chi connectivity index (χ1) is 12.1. The average molecular weight is 369 g/mol. The maximum atomic E-state index is 12.1. The second kappa shape index (κ2) is 8.60. The van der Waals surface area contributed by atoms with Gasteiger partial charge in [0.15, 0.2) is 6.54 Å². The summed E-state index contributed by atoms with van der Waals surface area (Å²) in [6.45, 7) is 12.0. The van der Waals surface area contributed by atoms with E-state index in [4.69, 9.17) is 9.47 Å². The highest BCUT2D eigenvalue weighted by molar-refractivity contribution is 5.70.